The SMILES string of the molecule is CC1CCOCC12CCC2.CCC. The van der Waals surface area contributed by atoms with E-state index in [-0.39, 0.29) is 0 Å². The molecule has 0 aromatic heterocycles. The largest absolute Gasteiger partial charge is 0.381 e. The van der Waals surface area contributed by atoms with Gasteiger partial charge < -0.3 is 4.74 Å². The summed E-state index contributed by atoms with van der Waals surface area (Å²) in [6, 6.07) is 0. The molecule has 1 saturated heterocycles. The number of rotatable bonds is 0. The molecule has 0 radical (unpaired) electrons. The molecule has 1 spiro atoms. The van der Waals surface area contributed by atoms with Crippen LogP contribution < -0.4 is 0 Å². The summed E-state index contributed by atoms with van der Waals surface area (Å²) in [5.74, 6) is 0.926. The molecule has 0 aromatic carbocycles. The first-order chi connectivity index (χ1) is 6.25. The summed E-state index contributed by atoms with van der Waals surface area (Å²) >= 11 is 0. The van der Waals surface area contributed by atoms with Gasteiger partial charge in [-0.2, -0.15) is 0 Å². The number of ether oxygens (including phenoxy) is 1. The van der Waals surface area contributed by atoms with Gasteiger partial charge in [-0.25, -0.2) is 0 Å². The molecule has 1 unspecified atom stereocenters. The molecule has 1 aliphatic heterocycles. The van der Waals surface area contributed by atoms with Gasteiger partial charge in [0.25, 0.3) is 0 Å². The highest BCUT2D eigenvalue weighted by Gasteiger charge is 2.43. The minimum absolute atomic E-state index is 0.637. The molecular weight excluding hydrogens is 160 g/mol. The molecule has 1 atom stereocenters. The second-order valence-corrected chi connectivity index (χ2v) is 4.67. The van der Waals surface area contributed by atoms with Gasteiger partial charge in [-0.1, -0.05) is 33.6 Å². The molecule has 2 fully saturated rings. The molecule has 1 nitrogen and oxygen atoms in total. The van der Waals surface area contributed by atoms with Crippen LogP contribution in [-0.2, 0) is 4.74 Å². The Morgan fingerprint density at radius 3 is 2.23 bits per heavy atom. The van der Waals surface area contributed by atoms with Crippen LogP contribution in [-0.4, -0.2) is 13.2 Å². The van der Waals surface area contributed by atoms with Crippen molar-refractivity contribution in [2.24, 2.45) is 11.3 Å². The fourth-order valence-electron chi connectivity index (χ4n) is 2.25. The molecule has 0 bridgehead atoms. The van der Waals surface area contributed by atoms with E-state index >= 15 is 0 Å². The van der Waals surface area contributed by atoms with Gasteiger partial charge in [0.15, 0.2) is 0 Å². The van der Waals surface area contributed by atoms with Crippen LogP contribution >= 0.6 is 0 Å². The second-order valence-electron chi connectivity index (χ2n) is 4.67. The Labute approximate surface area is 82.9 Å². The standard InChI is InChI=1S/C9H16O.C3H8/c1-8-3-6-10-7-9(8)4-2-5-9;1-3-2/h8H,2-7H2,1H3;3H2,1-2H3. The maximum atomic E-state index is 5.50. The van der Waals surface area contributed by atoms with Crippen LogP contribution in [0.1, 0.15) is 52.9 Å². The van der Waals surface area contributed by atoms with E-state index in [2.05, 4.69) is 20.8 Å². The zero-order valence-corrected chi connectivity index (χ0v) is 9.44. The molecule has 1 heteroatoms. The first kappa shape index (κ1) is 11.0. The highest BCUT2D eigenvalue weighted by atomic mass is 16.5. The highest BCUT2D eigenvalue weighted by molar-refractivity contribution is 4.93. The molecule has 2 rings (SSSR count). The quantitative estimate of drug-likeness (QED) is 0.558. The lowest BCUT2D eigenvalue weighted by Crippen LogP contribution is -2.44. The summed E-state index contributed by atoms with van der Waals surface area (Å²) in [4.78, 5) is 0. The molecule has 0 aromatic rings. The van der Waals surface area contributed by atoms with Crippen molar-refractivity contribution < 1.29 is 4.74 Å². The van der Waals surface area contributed by atoms with E-state index < -0.39 is 0 Å². The van der Waals surface area contributed by atoms with Crippen molar-refractivity contribution in [3.63, 3.8) is 0 Å². The molecule has 13 heavy (non-hydrogen) atoms. The third kappa shape index (κ3) is 2.46. The van der Waals surface area contributed by atoms with E-state index in [1.54, 1.807) is 0 Å². The normalized spacial score (nSPS) is 30.2. The molecule has 0 amide bonds. The van der Waals surface area contributed by atoms with Gasteiger partial charge in [-0.3, -0.25) is 0 Å². The van der Waals surface area contributed by atoms with Crippen LogP contribution in [0.2, 0.25) is 0 Å². The summed E-state index contributed by atoms with van der Waals surface area (Å²) in [7, 11) is 0. The van der Waals surface area contributed by atoms with Crippen molar-refractivity contribution >= 4 is 0 Å². The van der Waals surface area contributed by atoms with Crippen LogP contribution in [0.25, 0.3) is 0 Å². The zero-order valence-electron chi connectivity index (χ0n) is 9.44. The summed E-state index contributed by atoms with van der Waals surface area (Å²) in [5, 5.41) is 0. The van der Waals surface area contributed by atoms with E-state index in [4.69, 9.17) is 4.74 Å². The molecular formula is C12H24O. The third-order valence-corrected chi connectivity index (χ3v) is 3.48. The van der Waals surface area contributed by atoms with Gasteiger partial charge in [-0.15, -0.1) is 0 Å². The van der Waals surface area contributed by atoms with E-state index in [1.165, 1.54) is 32.1 Å². The van der Waals surface area contributed by atoms with Crippen molar-refractivity contribution in [2.75, 3.05) is 13.2 Å². The Hall–Kier alpha value is -0.0400. The Balaban J connectivity index is 0.000000251. The number of hydrogen-bond acceptors (Lipinski definition) is 1. The Bertz CT molecular complexity index is 138. The monoisotopic (exact) mass is 184 g/mol. The molecule has 0 N–H and O–H groups in total. The zero-order chi connectivity index (χ0) is 9.73. The van der Waals surface area contributed by atoms with Gasteiger partial charge in [-0.05, 0) is 30.6 Å². The van der Waals surface area contributed by atoms with Crippen molar-refractivity contribution in [1.29, 1.82) is 0 Å². The minimum Gasteiger partial charge on any atom is -0.381 e. The van der Waals surface area contributed by atoms with Crippen molar-refractivity contribution in [1.82, 2.24) is 0 Å². The van der Waals surface area contributed by atoms with Crippen LogP contribution in [0.15, 0.2) is 0 Å². The minimum atomic E-state index is 0.637. The lowest BCUT2D eigenvalue weighted by atomic mass is 9.60. The van der Waals surface area contributed by atoms with Gasteiger partial charge in [0.1, 0.15) is 0 Å². The molecule has 1 saturated carbocycles. The lowest BCUT2D eigenvalue weighted by molar-refractivity contribution is -0.0909. The van der Waals surface area contributed by atoms with E-state index in [0.29, 0.717) is 5.41 Å². The fraction of sp³-hybridized carbons (Fsp3) is 1.00. The van der Waals surface area contributed by atoms with Crippen LogP contribution in [0, 0.1) is 11.3 Å². The third-order valence-electron chi connectivity index (χ3n) is 3.48. The first-order valence-electron chi connectivity index (χ1n) is 5.83. The van der Waals surface area contributed by atoms with E-state index in [9.17, 15) is 0 Å². The second kappa shape index (κ2) is 4.99. The van der Waals surface area contributed by atoms with E-state index in [1.807, 2.05) is 0 Å². The van der Waals surface area contributed by atoms with Crippen molar-refractivity contribution in [3.8, 4) is 0 Å². The van der Waals surface area contributed by atoms with Gasteiger partial charge in [0.2, 0.25) is 0 Å². The maximum absolute atomic E-state index is 5.50. The van der Waals surface area contributed by atoms with Crippen molar-refractivity contribution in [2.45, 2.75) is 52.9 Å². The van der Waals surface area contributed by atoms with Crippen LogP contribution in [0.4, 0.5) is 0 Å². The Kier molecular flexibility index (Phi) is 4.24. The lowest BCUT2D eigenvalue weighted by Gasteiger charge is -2.49. The van der Waals surface area contributed by atoms with Crippen LogP contribution in [0.3, 0.4) is 0 Å². The predicted octanol–water partition coefficient (Wildman–Crippen LogP) is 3.63. The molecule has 1 aliphatic carbocycles. The predicted molar refractivity (Wildman–Crippen MR) is 56.8 cm³/mol. The maximum Gasteiger partial charge on any atom is 0.0524 e. The average molecular weight is 184 g/mol. The smallest absolute Gasteiger partial charge is 0.0524 e. The summed E-state index contributed by atoms with van der Waals surface area (Å²) in [6.07, 6.45) is 6.83. The summed E-state index contributed by atoms with van der Waals surface area (Å²) in [6.45, 7) is 8.69. The molecule has 2 aliphatic rings. The Morgan fingerprint density at radius 2 is 1.92 bits per heavy atom. The van der Waals surface area contributed by atoms with Gasteiger partial charge >= 0.3 is 0 Å². The molecule has 78 valence electrons. The number of hydrogen-bond donors (Lipinski definition) is 0. The molecule has 1 heterocycles. The highest BCUT2D eigenvalue weighted by Crippen LogP contribution is 2.50. The van der Waals surface area contributed by atoms with E-state index in [0.717, 1.165) is 19.1 Å². The summed E-state index contributed by atoms with van der Waals surface area (Å²) < 4.78 is 5.50. The van der Waals surface area contributed by atoms with Crippen molar-refractivity contribution in [3.05, 3.63) is 0 Å². The van der Waals surface area contributed by atoms with Crippen LogP contribution in [0.5, 0.6) is 0 Å². The van der Waals surface area contributed by atoms with Gasteiger partial charge in [0.05, 0.1) is 6.61 Å². The summed E-state index contributed by atoms with van der Waals surface area (Å²) in [5.41, 5.74) is 0.637. The van der Waals surface area contributed by atoms with Gasteiger partial charge in [0, 0.05) is 6.61 Å². The Morgan fingerprint density at radius 1 is 1.31 bits per heavy atom. The fourth-order valence-corrected chi connectivity index (χ4v) is 2.25. The topological polar surface area (TPSA) is 9.23 Å². The first-order valence-corrected chi connectivity index (χ1v) is 5.83. The average Bonchev–Trinajstić information content (AvgIpc) is 2.04.